The number of aliphatic carboxylic acids is 1. The number of fused-ring (bicyclic) bond motifs is 2. The third-order valence-electron chi connectivity index (χ3n) is 7.49. The second kappa shape index (κ2) is 11.1. The van der Waals surface area contributed by atoms with E-state index < -0.39 is 41.9 Å². The summed E-state index contributed by atoms with van der Waals surface area (Å²) in [6.45, 7) is 2.53. The molecular weight excluding hydrogens is 506 g/mol. The van der Waals surface area contributed by atoms with Crippen LogP contribution in [0.4, 0.5) is 0 Å². The van der Waals surface area contributed by atoms with Gasteiger partial charge in [0.1, 0.15) is 11.5 Å². The highest BCUT2D eigenvalue weighted by molar-refractivity contribution is 5.92. The lowest BCUT2D eigenvalue weighted by Gasteiger charge is -2.51. The standard InChI is InChI=1S/C29H31NO9/c1-18-29(28(34)35-2)13-21(11-26(31)32)27(33)30(14-20-8-9-23-24(10-20)38-17-37-23)25(29)12-22(39-18)16-36-15-19-6-4-3-5-7-19/h3-10,12,18,21-22H,11,13-17H2,1-2H3,(H,31,32)/t18-,21-,22-,29+/m0/s1. The van der Waals surface area contributed by atoms with E-state index in [9.17, 15) is 19.5 Å². The molecule has 2 aromatic carbocycles. The van der Waals surface area contributed by atoms with Gasteiger partial charge in [-0.3, -0.25) is 14.4 Å². The molecule has 1 N–H and O–H groups in total. The van der Waals surface area contributed by atoms with Crippen molar-refractivity contribution in [3.63, 3.8) is 0 Å². The number of benzene rings is 2. The van der Waals surface area contributed by atoms with Crippen LogP contribution >= 0.6 is 0 Å². The minimum atomic E-state index is -1.37. The highest BCUT2D eigenvalue weighted by atomic mass is 16.7. The van der Waals surface area contributed by atoms with Gasteiger partial charge in [0.25, 0.3) is 0 Å². The van der Waals surface area contributed by atoms with Gasteiger partial charge in [-0.1, -0.05) is 36.4 Å². The molecular formula is C29H31NO9. The summed E-state index contributed by atoms with van der Waals surface area (Å²) in [6.07, 6.45) is 0.0360. The maximum atomic E-state index is 13.8. The fourth-order valence-corrected chi connectivity index (χ4v) is 5.61. The van der Waals surface area contributed by atoms with Crippen LogP contribution in [-0.4, -0.2) is 60.6 Å². The fraction of sp³-hybridized carbons (Fsp3) is 0.414. The summed E-state index contributed by atoms with van der Waals surface area (Å²) in [5.41, 5.74) is 0.811. The molecule has 0 radical (unpaired) electrons. The Morgan fingerprint density at radius 1 is 1.10 bits per heavy atom. The summed E-state index contributed by atoms with van der Waals surface area (Å²) in [5, 5.41) is 9.56. The monoisotopic (exact) mass is 537 g/mol. The van der Waals surface area contributed by atoms with Crippen LogP contribution in [0.1, 0.15) is 30.9 Å². The van der Waals surface area contributed by atoms with Crippen LogP contribution in [0.15, 0.2) is 60.3 Å². The third kappa shape index (κ3) is 5.22. The van der Waals surface area contributed by atoms with Crippen molar-refractivity contribution in [2.75, 3.05) is 20.5 Å². The van der Waals surface area contributed by atoms with E-state index in [4.69, 9.17) is 23.7 Å². The van der Waals surface area contributed by atoms with Crippen molar-refractivity contribution in [1.29, 1.82) is 0 Å². The number of carbonyl (C=O) groups excluding carboxylic acids is 2. The molecule has 1 fully saturated rings. The van der Waals surface area contributed by atoms with E-state index in [0.29, 0.717) is 23.8 Å². The van der Waals surface area contributed by atoms with Crippen molar-refractivity contribution in [2.24, 2.45) is 11.3 Å². The molecule has 0 aliphatic carbocycles. The van der Waals surface area contributed by atoms with Gasteiger partial charge >= 0.3 is 11.9 Å². The first-order chi connectivity index (χ1) is 18.8. The first kappa shape index (κ1) is 26.7. The molecule has 3 heterocycles. The normalized spacial score (nSPS) is 25.6. The zero-order valence-corrected chi connectivity index (χ0v) is 21.8. The molecule has 2 aromatic rings. The zero-order valence-electron chi connectivity index (χ0n) is 21.8. The number of likely N-dealkylation sites (tertiary alicyclic amines) is 1. The van der Waals surface area contributed by atoms with Crippen molar-refractivity contribution < 1.29 is 43.2 Å². The molecule has 4 atom stereocenters. The SMILES string of the molecule is COC(=O)[C@@]12C[C@H](CC(=O)O)C(=O)N(Cc3ccc4c(c3)OCO4)C1=C[C@@H](COCc1ccccc1)O[C@H]2C. The number of hydrogen-bond donors (Lipinski definition) is 1. The van der Waals surface area contributed by atoms with Crippen LogP contribution in [0, 0.1) is 11.3 Å². The maximum absolute atomic E-state index is 13.8. The predicted molar refractivity (Wildman–Crippen MR) is 136 cm³/mol. The lowest BCUT2D eigenvalue weighted by Crippen LogP contribution is -2.60. The van der Waals surface area contributed by atoms with Gasteiger partial charge in [0.15, 0.2) is 11.5 Å². The number of carboxylic acids is 1. The Labute approximate surface area is 226 Å². The van der Waals surface area contributed by atoms with Crippen molar-refractivity contribution in [2.45, 2.75) is 45.1 Å². The van der Waals surface area contributed by atoms with Gasteiger partial charge < -0.3 is 33.7 Å². The Bertz CT molecular complexity index is 1280. The topological polar surface area (TPSA) is 121 Å². The molecule has 0 bridgehead atoms. The number of carboxylic acid groups (broad SMARTS) is 1. The smallest absolute Gasteiger partial charge is 0.320 e. The largest absolute Gasteiger partial charge is 0.481 e. The first-order valence-corrected chi connectivity index (χ1v) is 12.8. The van der Waals surface area contributed by atoms with Crippen LogP contribution in [0.5, 0.6) is 11.5 Å². The number of piperidine rings is 1. The highest BCUT2D eigenvalue weighted by Crippen LogP contribution is 2.51. The highest BCUT2D eigenvalue weighted by Gasteiger charge is 2.59. The molecule has 206 valence electrons. The number of amides is 1. The van der Waals surface area contributed by atoms with E-state index >= 15 is 0 Å². The van der Waals surface area contributed by atoms with Crippen LogP contribution in [0.2, 0.25) is 0 Å². The lowest BCUT2D eigenvalue weighted by molar-refractivity contribution is -0.179. The van der Waals surface area contributed by atoms with Gasteiger partial charge in [-0.15, -0.1) is 0 Å². The minimum Gasteiger partial charge on any atom is -0.481 e. The quantitative estimate of drug-likeness (QED) is 0.481. The van der Waals surface area contributed by atoms with Gasteiger partial charge in [-0.05, 0) is 42.7 Å². The van der Waals surface area contributed by atoms with E-state index in [1.807, 2.05) is 36.4 Å². The van der Waals surface area contributed by atoms with Crippen LogP contribution in [0.25, 0.3) is 0 Å². The fourth-order valence-electron chi connectivity index (χ4n) is 5.61. The number of rotatable bonds is 9. The van der Waals surface area contributed by atoms with Crippen LogP contribution in [0.3, 0.4) is 0 Å². The molecule has 0 spiro atoms. The Morgan fingerprint density at radius 3 is 2.62 bits per heavy atom. The molecule has 3 aliphatic heterocycles. The third-order valence-corrected chi connectivity index (χ3v) is 7.49. The molecule has 5 rings (SSSR count). The number of esters is 1. The second-order valence-corrected chi connectivity index (χ2v) is 9.94. The summed E-state index contributed by atoms with van der Waals surface area (Å²) in [4.78, 5) is 40.4. The van der Waals surface area contributed by atoms with E-state index in [0.717, 1.165) is 11.1 Å². The van der Waals surface area contributed by atoms with E-state index in [-0.39, 0.29) is 32.3 Å². The van der Waals surface area contributed by atoms with Gasteiger partial charge in [0.05, 0.1) is 45.3 Å². The molecule has 10 nitrogen and oxygen atoms in total. The van der Waals surface area contributed by atoms with Crippen molar-refractivity contribution >= 4 is 17.8 Å². The molecule has 0 unspecified atom stereocenters. The molecule has 1 saturated heterocycles. The molecule has 0 saturated carbocycles. The average Bonchev–Trinajstić information content (AvgIpc) is 3.39. The molecule has 0 aromatic heterocycles. The van der Waals surface area contributed by atoms with E-state index in [1.54, 1.807) is 25.1 Å². The van der Waals surface area contributed by atoms with Gasteiger partial charge in [0, 0.05) is 5.70 Å². The number of hydrogen-bond acceptors (Lipinski definition) is 8. The molecule has 3 aliphatic rings. The van der Waals surface area contributed by atoms with Crippen molar-refractivity contribution in [3.8, 4) is 11.5 Å². The van der Waals surface area contributed by atoms with Crippen molar-refractivity contribution in [1.82, 2.24) is 4.90 Å². The Balaban J connectivity index is 1.49. The summed E-state index contributed by atoms with van der Waals surface area (Å²) in [6, 6.07) is 15.1. The maximum Gasteiger partial charge on any atom is 0.320 e. The summed E-state index contributed by atoms with van der Waals surface area (Å²) < 4.78 is 28.3. The van der Waals surface area contributed by atoms with Crippen molar-refractivity contribution in [3.05, 3.63) is 71.4 Å². The van der Waals surface area contributed by atoms with E-state index in [1.165, 1.54) is 12.0 Å². The molecule has 10 heteroatoms. The number of methoxy groups -OCH3 is 1. The van der Waals surface area contributed by atoms with Crippen LogP contribution < -0.4 is 9.47 Å². The van der Waals surface area contributed by atoms with Crippen LogP contribution in [-0.2, 0) is 41.7 Å². The van der Waals surface area contributed by atoms with Gasteiger partial charge in [-0.25, -0.2) is 0 Å². The number of carbonyl (C=O) groups is 3. The summed E-state index contributed by atoms with van der Waals surface area (Å²) in [7, 11) is 1.28. The average molecular weight is 538 g/mol. The number of nitrogens with zero attached hydrogens (tertiary/aromatic N) is 1. The number of ether oxygens (including phenoxy) is 5. The first-order valence-electron chi connectivity index (χ1n) is 12.8. The predicted octanol–water partition coefficient (Wildman–Crippen LogP) is 3.29. The zero-order chi connectivity index (χ0) is 27.6. The Morgan fingerprint density at radius 2 is 1.87 bits per heavy atom. The molecule has 39 heavy (non-hydrogen) atoms. The Kier molecular flexibility index (Phi) is 7.58. The summed E-state index contributed by atoms with van der Waals surface area (Å²) in [5.74, 6) is -1.86. The lowest BCUT2D eigenvalue weighted by atomic mass is 9.66. The van der Waals surface area contributed by atoms with Gasteiger partial charge in [0.2, 0.25) is 12.7 Å². The summed E-state index contributed by atoms with van der Waals surface area (Å²) >= 11 is 0. The minimum absolute atomic E-state index is 0.0347. The Hall–Kier alpha value is -3.89. The van der Waals surface area contributed by atoms with Gasteiger partial charge in [-0.2, -0.15) is 0 Å². The second-order valence-electron chi connectivity index (χ2n) is 9.94. The molecule has 1 amide bonds. The van der Waals surface area contributed by atoms with E-state index in [2.05, 4.69) is 0 Å².